The first-order chi connectivity index (χ1) is 13.7. The standard InChI is InChI=1S/C25H36N2O2/c1-15-17(14-26-27(15)4)11-16-13-25(3)18(12-22(16)28)5-6-19-20-7-8-23(29)24(20,2)10-9-21(19)25/h11,14,18-21,23,29H,5-10,12-13H2,1-4H3/b16-11+/t18-,19+,20+,21+,23-,24-,25-/m0/s1. The molecule has 0 spiro atoms. The summed E-state index contributed by atoms with van der Waals surface area (Å²) in [4.78, 5) is 13.0. The van der Waals surface area contributed by atoms with Crippen LogP contribution in [0, 0.1) is 41.4 Å². The van der Waals surface area contributed by atoms with Crippen LogP contribution in [0.15, 0.2) is 11.8 Å². The van der Waals surface area contributed by atoms with Gasteiger partial charge < -0.3 is 5.11 Å². The zero-order chi connectivity index (χ0) is 20.6. The third kappa shape index (κ3) is 2.74. The Labute approximate surface area is 174 Å². The number of aryl methyl sites for hydroxylation is 1. The average molecular weight is 397 g/mol. The Morgan fingerprint density at radius 2 is 1.90 bits per heavy atom. The van der Waals surface area contributed by atoms with E-state index in [0.29, 0.717) is 23.5 Å². The molecular formula is C25H36N2O2. The van der Waals surface area contributed by atoms with Gasteiger partial charge in [0.2, 0.25) is 0 Å². The lowest BCUT2D eigenvalue weighted by atomic mass is 9.45. The van der Waals surface area contributed by atoms with Crippen LogP contribution < -0.4 is 0 Å². The van der Waals surface area contributed by atoms with Crippen LogP contribution in [-0.2, 0) is 11.8 Å². The van der Waals surface area contributed by atoms with Gasteiger partial charge >= 0.3 is 0 Å². The summed E-state index contributed by atoms with van der Waals surface area (Å²) in [6, 6.07) is 0. The van der Waals surface area contributed by atoms with Gasteiger partial charge in [0.25, 0.3) is 0 Å². The van der Waals surface area contributed by atoms with E-state index in [1.54, 1.807) is 0 Å². The van der Waals surface area contributed by atoms with Crippen molar-refractivity contribution in [2.24, 2.45) is 41.5 Å². The van der Waals surface area contributed by atoms with Crippen LogP contribution in [-0.4, -0.2) is 26.8 Å². The molecule has 0 bridgehead atoms. The lowest BCUT2D eigenvalue weighted by Gasteiger charge is -2.60. The number of hydrogen-bond acceptors (Lipinski definition) is 3. The summed E-state index contributed by atoms with van der Waals surface area (Å²) in [7, 11) is 1.96. The van der Waals surface area contributed by atoms with Crippen LogP contribution >= 0.6 is 0 Å². The van der Waals surface area contributed by atoms with Gasteiger partial charge in [-0.15, -0.1) is 0 Å². The van der Waals surface area contributed by atoms with E-state index in [4.69, 9.17) is 0 Å². The van der Waals surface area contributed by atoms with E-state index in [0.717, 1.165) is 48.4 Å². The van der Waals surface area contributed by atoms with E-state index in [-0.39, 0.29) is 16.9 Å². The van der Waals surface area contributed by atoms with Gasteiger partial charge in [-0.2, -0.15) is 5.10 Å². The van der Waals surface area contributed by atoms with Crippen molar-refractivity contribution in [3.8, 4) is 0 Å². The first-order valence-electron chi connectivity index (χ1n) is 11.6. The average Bonchev–Trinajstić information content (AvgIpc) is 3.16. The van der Waals surface area contributed by atoms with Crippen LogP contribution in [0.4, 0.5) is 0 Å². The Hall–Kier alpha value is -1.42. The Morgan fingerprint density at radius 1 is 1.14 bits per heavy atom. The molecular weight excluding hydrogens is 360 g/mol. The van der Waals surface area contributed by atoms with Crippen LogP contribution in [0.25, 0.3) is 6.08 Å². The third-order valence-corrected chi connectivity index (χ3v) is 9.98. The molecule has 4 heteroatoms. The minimum Gasteiger partial charge on any atom is -0.393 e. The second-order valence-electron chi connectivity index (χ2n) is 11.1. The van der Waals surface area contributed by atoms with Gasteiger partial charge in [-0.25, -0.2) is 0 Å². The van der Waals surface area contributed by atoms with Gasteiger partial charge in [-0.3, -0.25) is 9.48 Å². The van der Waals surface area contributed by atoms with Crippen molar-refractivity contribution in [2.75, 3.05) is 0 Å². The quantitative estimate of drug-likeness (QED) is 0.701. The number of aromatic nitrogens is 2. The zero-order valence-corrected chi connectivity index (χ0v) is 18.4. The summed E-state index contributed by atoms with van der Waals surface area (Å²) in [5.41, 5.74) is 3.56. The molecule has 4 aliphatic carbocycles. The van der Waals surface area contributed by atoms with Gasteiger partial charge in [-0.05, 0) is 98.0 Å². The molecule has 0 aromatic carbocycles. The van der Waals surface area contributed by atoms with E-state index in [1.165, 1.54) is 25.7 Å². The number of carbonyl (C=O) groups excluding carboxylic acids is 1. The largest absolute Gasteiger partial charge is 0.393 e. The number of rotatable bonds is 1. The first kappa shape index (κ1) is 19.5. The number of ketones is 1. The Bertz CT molecular complexity index is 870. The molecule has 0 amide bonds. The molecule has 0 aliphatic heterocycles. The van der Waals surface area contributed by atoms with E-state index in [2.05, 4.69) is 31.9 Å². The molecule has 1 aromatic rings. The van der Waals surface area contributed by atoms with Gasteiger partial charge in [0, 0.05) is 24.7 Å². The van der Waals surface area contributed by atoms with Crippen molar-refractivity contribution in [1.82, 2.24) is 9.78 Å². The molecule has 4 aliphatic rings. The Balaban J connectivity index is 1.47. The van der Waals surface area contributed by atoms with Gasteiger partial charge in [0.15, 0.2) is 5.78 Å². The van der Waals surface area contributed by atoms with E-state index in [1.807, 2.05) is 17.9 Å². The number of aliphatic hydroxyl groups excluding tert-OH is 1. The summed E-state index contributed by atoms with van der Waals surface area (Å²) in [5, 5.41) is 15.0. The lowest BCUT2D eigenvalue weighted by Crippen LogP contribution is -2.54. The SMILES string of the molecule is Cc1c(/C=C2\C[C@@]3(C)[C@@H](CC[C@H]4[C@H]3CC[C@@]3(C)[C@@H]4CC[C@@H]3O)CC2=O)cnn1C. The van der Waals surface area contributed by atoms with Crippen LogP contribution in [0.3, 0.4) is 0 Å². The second-order valence-corrected chi connectivity index (χ2v) is 11.1. The molecule has 1 N–H and O–H groups in total. The molecule has 4 saturated carbocycles. The summed E-state index contributed by atoms with van der Waals surface area (Å²) in [5.74, 6) is 2.96. The summed E-state index contributed by atoms with van der Waals surface area (Å²) in [6.45, 7) is 6.90. The fourth-order valence-electron chi connectivity index (χ4n) is 7.96. The fraction of sp³-hybridized carbons (Fsp3) is 0.760. The maximum absolute atomic E-state index is 13.0. The van der Waals surface area contributed by atoms with Crippen molar-refractivity contribution in [3.05, 3.63) is 23.0 Å². The monoisotopic (exact) mass is 396 g/mol. The smallest absolute Gasteiger partial charge is 0.159 e. The second kappa shape index (κ2) is 6.54. The van der Waals surface area contributed by atoms with Crippen molar-refractivity contribution >= 4 is 11.9 Å². The van der Waals surface area contributed by atoms with Gasteiger partial charge in [0.1, 0.15) is 0 Å². The predicted octanol–water partition coefficient (Wildman–Crippen LogP) is 4.69. The topological polar surface area (TPSA) is 55.1 Å². The number of hydrogen-bond donors (Lipinski definition) is 1. The maximum Gasteiger partial charge on any atom is 0.159 e. The number of allylic oxidation sites excluding steroid dienone is 1. The van der Waals surface area contributed by atoms with Gasteiger partial charge in [-0.1, -0.05) is 13.8 Å². The lowest BCUT2D eigenvalue weighted by molar-refractivity contribution is -0.134. The molecule has 1 heterocycles. The highest BCUT2D eigenvalue weighted by Gasteiger charge is 2.60. The number of fused-ring (bicyclic) bond motifs is 5. The van der Waals surface area contributed by atoms with Crippen molar-refractivity contribution < 1.29 is 9.90 Å². The molecule has 158 valence electrons. The van der Waals surface area contributed by atoms with Crippen molar-refractivity contribution in [1.29, 1.82) is 0 Å². The maximum atomic E-state index is 13.0. The predicted molar refractivity (Wildman–Crippen MR) is 114 cm³/mol. The summed E-state index contributed by atoms with van der Waals surface area (Å²) >= 11 is 0. The molecule has 29 heavy (non-hydrogen) atoms. The van der Waals surface area contributed by atoms with Gasteiger partial charge in [0.05, 0.1) is 12.3 Å². The number of nitrogens with zero attached hydrogens (tertiary/aromatic N) is 2. The first-order valence-corrected chi connectivity index (χ1v) is 11.6. The highest BCUT2D eigenvalue weighted by Crippen LogP contribution is 2.66. The number of Topliss-reactive ketones (excluding diaryl/α,β-unsaturated/α-hetero) is 1. The van der Waals surface area contributed by atoms with Crippen molar-refractivity contribution in [2.45, 2.75) is 78.2 Å². The minimum absolute atomic E-state index is 0.115. The summed E-state index contributed by atoms with van der Waals surface area (Å²) in [6.07, 6.45) is 12.5. The van der Waals surface area contributed by atoms with E-state index < -0.39 is 0 Å². The van der Waals surface area contributed by atoms with E-state index in [9.17, 15) is 9.90 Å². The van der Waals surface area contributed by atoms with Crippen LogP contribution in [0.2, 0.25) is 0 Å². The minimum atomic E-state index is -0.115. The normalized spacial score (nSPS) is 45.8. The highest BCUT2D eigenvalue weighted by molar-refractivity contribution is 6.00. The molecule has 0 radical (unpaired) electrons. The number of carbonyl (C=O) groups is 1. The molecule has 7 atom stereocenters. The van der Waals surface area contributed by atoms with Crippen LogP contribution in [0.1, 0.15) is 76.5 Å². The molecule has 0 saturated heterocycles. The van der Waals surface area contributed by atoms with Crippen LogP contribution in [0.5, 0.6) is 0 Å². The molecule has 4 nitrogen and oxygen atoms in total. The number of aliphatic hydroxyl groups is 1. The van der Waals surface area contributed by atoms with E-state index >= 15 is 0 Å². The Morgan fingerprint density at radius 3 is 2.62 bits per heavy atom. The molecule has 5 rings (SSSR count). The Kier molecular flexibility index (Phi) is 4.40. The third-order valence-electron chi connectivity index (χ3n) is 9.98. The summed E-state index contributed by atoms with van der Waals surface area (Å²) < 4.78 is 1.88. The van der Waals surface area contributed by atoms with Crippen molar-refractivity contribution in [3.63, 3.8) is 0 Å². The highest BCUT2D eigenvalue weighted by atomic mass is 16.3. The molecule has 1 aromatic heterocycles. The zero-order valence-electron chi connectivity index (χ0n) is 18.4. The molecule has 0 unspecified atom stereocenters. The molecule has 4 fully saturated rings. The fourth-order valence-corrected chi connectivity index (χ4v) is 7.96.